The highest BCUT2D eigenvalue weighted by Crippen LogP contribution is 2.82. The van der Waals surface area contributed by atoms with Gasteiger partial charge in [0, 0.05) is 63.9 Å². The average molecular weight is 751 g/mol. The number of aromatic nitrogens is 2. The molecule has 2 amide bonds. The number of rotatable bonds is 8. The molecule has 1 N–H and O–H groups in total. The fraction of sp³-hybridized carbons (Fsp3) is 0.622. The lowest BCUT2D eigenvalue weighted by Crippen LogP contribution is -2.50. The molecule has 1 aromatic heterocycles. The van der Waals surface area contributed by atoms with E-state index in [0.29, 0.717) is 97.1 Å². The molecule has 1 saturated heterocycles. The minimum Gasteiger partial charge on any atom is -0.378 e. The molecule has 2 unspecified atom stereocenters. The van der Waals surface area contributed by atoms with Crippen LogP contribution in [0.5, 0.6) is 0 Å². The molecule has 10 heteroatoms. The van der Waals surface area contributed by atoms with Crippen LogP contribution in [-0.4, -0.2) is 76.5 Å². The van der Waals surface area contributed by atoms with Gasteiger partial charge < -0.3 is 14.5 Å². The fourth-order valence-corrected chi connectivity index (χ4v) is 12.9. The first-order valence-electron chi connectivity index (χ1n) is 21.0. The minimum atomic E-state index is -0.586. The standard InChI is InChI=1S/C45H55FN4O5/c1-43-17-18-45-35(12-10-30-26-31(51)15-16-44(30,45)2)36(45)27-29(43)11-14-39(43)55-23-5-8-40(52)49-19-21-50(22-20-49)42(54)34-24-28(9-13-37(34)46)25-38-32-6-3-4-7-33(32)41(53)48-47-38/h3-4,6-7,9,13,24,29-30,35-36,39H,5,8,10-12,14-23,25-27H2,1-2H3,(H,48,53)/t29-,30-,35?,36?,39-,43-,44-,45-/m0/s1. The van der Waals surface area contributed by atoms with Crippen molar-refractivity contribution in [1.82, 2.24) is 20.0 Å². The maximum absolute atomic E-state index is 15.0. The van der Waals surface area contributed by atoms with Crippen LogP contribution in [0.15, 0.2) is 47.3 Å². The summed E-state index contributed by atoms with van der Waals surface area (Å²) in [5.41, 5.74) is 2.02. The topological polar surface area (TPSA) is 113 Å². The van der Waals surface area contributed by atoms with Crippen molar-refractivity contribution in [2.45, 2.75) is 103 Å². The van der Waals surface area contributed by atoms with Crippen molar-refractivity contribution >= 4 is 28.4 Å². The summed E-state index contributed by atoms with van der Waals surface area (Å²) in [5, 5.41) is 8.02. The third kappa shape index (κ3) is 6.07. The number of halogens is 1. The number of H-pyrrole nitrogens is 1. The Labute approximate surface area is 322 Å². The maximum Gasteiger partial charge on any atom is 0.272 e. The molecule has 0 bridgehead atoms. The SMILES string of the molecule is C[C@]12CC[C@@]34C(CC[C@H]5CC(=O)CC[C@@]53C)C4C[C@@H]1CC[C@@H]2OCCCC(=O)N1CCN(C(=O)c2cc(Cc3n[nH]c(=O)c4ccccc34)ccc2F)CC1. The first-order chi connectivity index (χ1) is 26.5. The number of Topliss-reactive ketones (excluding diaryl/α,β-unsaturated/α-hetero) is 1. The number of piperazine rings is 1. The summed E-state index contributed by atoms with van der Waals surface area (Å²) in [6, 6.07) is 11.7. The summed E-state index contributed by atoms with van der Waals surface area (Å²) >= 11 is 0. The summed E-state index contributed by atoms with van der Waals surface area (Å²) < 4.78 is 21.7. The van der Waals surface area contributed by atoms with Crippen LogP contribution in [0.3, 0.4) is 0 Å². The number of ether oxygens (including phenoxy) is 1. The summed E-state index contributed by atoms with van der Waals surface area (Å²) in [6.45, 7) is 7.14. The molecule has 1 aliphatic heterocycles. The van der Waals surface area contributed by atoms with Gasteiger partial charge in [-0.25, -0.2) is 9.49 Å². The molecule has 3 aromatic rings. The van der Waals surface area contributed by atoms with Crippen LogP contribution in [0.25, 0.3) is 10.8 Å². The maximum atomic E-state index is 15.0. The molecule has 5 saturated carbocycles. The first kappa shape index (κ1) is 36.7. The first-order valence-corrected chi connectivity index (χ1v) is 21.0. The number of ketones is 1. The third-order valence-electron chi connectivity index (χ3n) is 16.1. The Bertz CT molecular complexity index is 2080. The highest BCUT2D eigenvalue weighted by molar-refractivity contribution is 5.95. The molecule has 9 nitrogen and oxygen atoms in total. The van der Waals surface area contributed by atoms with Crippen molar-refractivity contribution in [3.63, 3.8) is 0 Å². The van der Waals surface area contributed by atoms with E-state index in [9.17, 15) is 19.2 Å². The number of hydrogen-bond acceptors (Lipinski definition) is 6. The Morgan fingerprint density at radius 2 is 1.67 bits per heavy atom. The molecule has 0 radical (unpaired) electrons. The lowest BCUT2D eigenvalue weighted by Gasteiger charge is -2.52. The van der Waals surface area contributed by atoms with Gasteiger partial charge in [-0.15, -0.1) is 0 Å². The second kappa shape index (κ2) is 13.9. The predicted octanol–water partition coefficient (Wildman–Crippen LogP) is 7.10. The Hall–Kier alpha value is -3.92. The lowest BCUT2D eigenvalue weighted by molar-refractivity contribution is -0.133. The van der Waals surface area contributed by atoms with Gasteiger partial charge in [0.25, 0.3) is 11.5 Å². The van der Waals surface area contributed by atoms with Crippen LogP contribution in [0.2, 0.25) is 0 Å². The molecule has 5 aliphatic carbocycles. The lowest BCUT2D eigenvalue weighted by atomic mass is 9.52. The molecular weight excluding hydrogens is 696 g/mol. The number of aromatic amines is 1. The molecule has 6 aliphatic rings. The van der Waals surface area contributed by atoms with E-state index in [0.717, 1.165) is 42.9 Å². The number of nitrogens with zero attached hydrogens (tertiary/aromatic N) is 3. The molecule has 55 heavy (non-hydrogen) atoms. The Morgan fingerprint density at radius 3 is 2.49 bits per heavy atom. The van der Waals surface area contributed by atoms with Crippen LogP contribution >= 0.6 is 0 Å². The fourth-order valence-electron chi connectivity index (χ4n) is 12.9. The van der Waals surface area contributed by atoms with Crippen LogP contribution in [0.1, 0.15) is 113 Å². The van der Waals surface area contributed by atoms with Gasteiger partial charge in [0.15, 0.2) is 0 Å². The molecule has 2 heterocycles. The number of carbonyl (C=O) groups excluding carboxylic acids is 3. The number of nitrogens with one attached hydrogen (secondary N) is 1. The Kier molecular flexibility index (Phi) is 9.29. The van der Waals surface area contributed by atoms with Gasteiger partial charge in [0.2, 0.25) is 5.91 Å². The highest BCUT2D eigenvalue weighted by Gasteiger charge is 2.76. The van der Waals surface area contributed by atoms with Gasteiger partial charge in [0.1, 0.15) is 11.6 Å². The molecule has 292 valence electrons. The molecule has 6 fully saturated rings. The van der Waals surface area contributed by atoms with Crippen LogP contribution in [0, 0.1) is 45.7 Å². The molecule has 8 atom stereocenters. The predicted molar refractivity (Wildman–Crippen MR) is 207 cm³/mol. The Morgan fingerprint density at radius 1 is 0.909 bits per heavy atom. The van der Waals surface area contributed by atoms with Crippen molar-refractivity contribution in [2.24, 2.45) is 39.9 Å². The quantitative estimate of drug-likeness (QED) is 0.246. The van der Waals surface area contributed by atoms with Gasteiger partial charge in [0.05, 0.1) is 22.7 Å². The summed E-state index contributed by atoms with van der Waals surface area (Å²) in [5.74, 6) is 2.55. The number of benzene rings is 2. The molecule has 1 spiro atoms. The van der Waals surface area contributed by atoms with Crippen molar-refractivity contribution in [1.29, 1.82) is 0 Å². The second-order valence-electron chi connectivity index (χ2n) is 18.4. The van der Waals surface area contributed by atoms with E-state index in [4.69, 9.17) is 4.74 Å². The van der Waals surface area contributed by atoms with E-state index in [-0.39, 0.29) is 34.5 Å². The van der Waals surface area contributed by atoms with Crippen molar-refractivity contribution in [2.75, 3.05) is 32.8 Å². The molecule has 9 rings (SSSR count). The number of carbonyl (C=O) groups is 3. The number of hydrogen-bond donors (Lipinski definition) is 1. The number of amides is 2. The highest BCUT2D eigenvalue weighted by atomic mass is 19.1. The van der Waals surface area contributed by atoms with Gasteiger partial charge in [-0.2, -0.15) is 5.10 Å². The normalized spacial score (nSPS) is 34.0. The van der Waals surface area contributed by atoms with Crippen molar-refractivity contribution < 1.29 is 23.5 Å². The van der Waals surface area contributed by atoms with Gasteiger partial charge >= 0.3 is 0 Å². The third-order valence-corrected chi connectivity index (χ3v) is 16.1. The summed E-state index contributed by atoms with van der Waals surface area (Å²) in [6.07, 6.45) is 13.1. The van der Waals surface area contributed by atoms with Crippen molar-refractivity contribution in [3.05, 3.63) is 75.5 Å². The summed E-state index contributed by atoms with van der Waals surface area (Å²) in [4.78, 5) is 54.9. The smallest absolute Gasteiger partial charge is 0.272 e. The van der Waals surface area contributed by atoms with Crippen LogP contribution in [-0.2, 0) is 20.7 Å². The van der Waals surface area contributed by atoms with E-state index in [2.05, 4.69) is 24.0 Å². The zero-order chi connectivity index (χ0) is 38.1. The van der Waals surface area contributed by atoms with E-state index in [1.54, 1.807) is 29.2 Å². The Balaban J connectivity index is 0.753. The zero-order valence-electron chi connectivity index (χ0n) is 32.4. The zero-order valence-corrected chi connectivity index (χ0v) is 32.4. The minimum absolute atomic E-state index is 0.00113. The second-order valence-corrected chi connectivity index (χ2v) is 18.4. The van der Waals surface area contributed by atoms with E-state index >= 15 is 4.39 Å². The van der Waals surface area contributed by atoms with E-state index in [1.165, 1.54) is 44.6 Å². The monoisotopic (exact) mass is 750 g/mol. The van der Waals surface area contributed by atoms with Gasteiger partial charge in [-0.3, -0.25) is 19.2 Å². The summed E-state index contributed by atoms with van der Waals surface area (Å²) in [7, 11) is 0. The van der Waals surface area contributed by atoms with Crippen LogP contribution in [0.4, 0.5) is 4.39 Å². The average Bonchev–Trinajstić information content (AvgIpc) is 3.78. The number of fused-ring (bicyclic) bond motifs is 4. The van der Waals surface area contributed by atoms with Crippen molar-refractivity contribution in [3.8, 4) is 0 Å². The van der Waals surface area contributed by atoms with Gasteiger partial charge in [-0.1, -0.05) is 38.1 Å². The van der Waals surface area contributed by atoms with E-state index in [1.807, 2.05) is 17.0 Å². The molecule has 2 aromatic carbocycles. The molecular formula is C45H55FN4O5. The largest absolute Gasteiger partial charge is 0.378 e. The van der Waals surface area contributed by atoms with E-state index < -0.39 is 5.82 Å². The van der Waals surface area contributed by atoms with Crippen LogP contribution < -0.4 is 5.56 Å². The van der Waals surface area contributed by atoms with Gasteiger partial charge in [-0.05, 0) is 121 Å².